The Balaban J connectivity index is 1.65. The highest BCUT2D eigenvalue weighted by molar-refractivity contribution is 5.76. The second-order valence-corrected chi connectivity index (χ2v) is 5.35. The molecule has 2 saturated heterocycles. The van der Waals surface area contributed by atoms with Crippen LogP contribution in [0.3, 0.4) is 0 Å². The highest BCUT2D eigenvalue weighted by Gasteiger charge is 2.66. The summed E-state index contributed by atoms with van der Waals surface area (Å²) >= 11 is 0. The molecule has 2 amide bonds. The molecule has 7 heteroatoms. The van der Waals surface area contributed by atoms with Crippen LogP contribution in [0, 0.1) is 0 Å². The van der Waals surface area contributed by atoms with Gasteiger partial charge in [0.1, 0.15) is 18.8 Å². The molecule has 0 bridgehead atoms. The van der Waals surface area contributed by atoms with Gasteiger partial charge in [0.05, 0.1) is 6.04 Å². The maximum absolute atomic E-state index is 11.5. The van der Waals surface area contributed by atoms with Crippen molar-refractivity contribution in [3.8, 4) is 11.5 Å². The summed E-state index contributed by atoms with van der Waals surface area (Å²) in [6.45, 7) is 0.345. The average Bonchev–Trinajstić information content (AvgIpc) is 3.24. The van der Waals surface area contributed by atoms with E-state index < -0.39 is 12.3 Å². The molecule has 4 rings (SSSR count). The summed E-state index contributed by atoms with van der Waals surface area (Å²) in [7, 11) is 1.55. The number of urea groups is 1. The fraction of sp³-hybridized carbons (Fsp3) is 0.500. The fourth-order valence-corrected chi connectivity index (χ4v) is 3.22. The lowest BCUT2D eigenvalue weighted by Gasteiger charge is -2.31. The van der Waals surface area contributed by atoms with Crippen LogP contribution in [0.15, 0.2) is 24.3 Å². The highest BCUT2D eigenvalue weighted by atomic mass is 16.7. The minimum Gasteiger partial charge on any atom is -0.487 e. The summed E-state index contributed by atoms with van der Waals surface area (Å²) in [4.78, 5) is 13.1. The van der Waals surface area contributed by atoms with Gasteiger partial charge in [0, 0.05) is 7.11 Å². The molecule has 1 aromatic rings. The molecule has 0 radical (unpaired) electrons. The molecule has 112 valence electrons. The number of hydrogen-bond donors (Lipinski definition) is 1. The van der Waals surface area contributed by atoms with Crippen molar-refractivity contribution in [3.05, 3.63) is 24.3 Å². The number of para-hydroxylation sites is 2. The lowest BCUT2D eigenvalue weighted by molar-refractivity contribution is -0.197. The number of hydrogen-bond acceptors (Lipinski definition) is 5. The Morgan fingerprint density at radius 3 is 2.81 bits per heavy atom. The van der Waals surface area contributed by atoms with E-state index in [0.717, 1.165) is 0 Å². The number of nitrogens with two attached hydrogens (primary N) is 1. The van der Waals surface area contributed by atoms with Crippen LogP contribution in [-0.2, 0) is 9.47 Å². The summed E-state index contributed by atoms with van der Waals surface area (Å²) in [5.41, 5.74) is 5.42. The first-order valence-corrected chi connectivity index (χ1v) is 6.85. The van der Waals surface area contributed by atoms with Crippen LogP contribution in [0.25, 0.3) is 0 Å². The quantitative estimate of drug-likeness (QED) is 0.754. The summed E-state index contributed by atoms with van der Waals surface area (Å²) in [6.07, 6.45) is -1.12. The Morgan fingerprint density at radius 1 is 1.33 bits per heavy atom. The Bertz CT molecular complexity index is 580. The third kappa shape index (κ3) is 1.85. The van der Waals surface area contributed by atoms with Gasteiger partial charge < -0.3 is 29.6 Å². The van der Waals surface area contributed by atoms with Crippen LogP contribution in [0.5, 0.6) is 11.5 Å². The van der Waals surface area contributed by atoms with Crippen LogP contribution < -0.4 is 15.2 Å². The highest BCUT2D eigenvalue weighted by Crippen LogP contribution is 2.45. The second-order valence-electron chi connectivity index (χ2n) is 5.35. The average molecular weight is 292 g/mol. The third-order valence-corrected chi connectivity index (χ3v) is 4.20. The molecule has 1 aromatic carbocycles. The van der Waals surface area contributed by atoms with E-state index in [1.807, 2.05) is 24.3 Å². The molecule has 0 unspecified atom stereocenters. The summed E-state index contributed by atoms with van der Waals surface area (Å²) in [5, 5.41) is 0. The van der Waals surface area contributed by atoms with Crippen LogP contribution in [-0.4, -0.2) is 55.2 Å². The van der Waals surface area contributed by atoms with Crippen molar-refractivity contribution in [2.24, 2.45) is 5.73 Å². The standard InChI is InChI=1S/C14H16N2O5/c1-18-13-11-10(16(11)14(15)17)12-9(21-13)6-19-7-4-2-3-5-8(7)20-12/h2-5,9-13H,6H2,1H3,(H2,15,17)/t9-,10+,11-,12-,13+,16?/m0/s1. The number of carbonyl (C=O) groups is 1. The van der Waals surface area contributed by atoms with E-state index in [9.17, 15) is 4.79 Å². The molecule has 7 nitrogen and oxygen atoms in total. The number of amides is 2. The number of rotatable bonds is 1. The van der Waals surface area contributed by atoms with E-state index in [1.54, 1.807) is 12.0 Å². The van der Waals surface area contributed by atoms with Crippen molar-refractivity contribution in [1.29, 1.82) is 0 Å². The van der Waals surface area contributed by atoms with Crippen molar-refractivity contribution in [3.63, 3.8) is 0 Å². The van der Waals surface area contributed by atoms with Crippen LogP contribution >= 0.6 is 0 Å². The Hall–Kier alpha value is -1.99. The molecule has 0 saturated carbocycles. The van der Waals surface area contributed by atoms with Gasteiger partial charge in [-0.1, -0.05) is 12.1 Å². The zero-order valence-electron chi connectivity index (χ0n) is 11.5. The number of ether oxygens (including phenoxy) is 4. The van der Waals surface area contributed by atoms with Gasteiger partial charge in [0.25, 0.3) is 0 Å². The largest absolute Gasteiger partial charge is 0.487 e. The first kappa shape index (κ1) is 12.7. The Kier molecular flexibility index (Phi) is 2.73. The number of methoxy groups -OCH3 is 1. The smallest absolute Gasteiger partial charge is 0.315 e. The topological polar surface area (TPSA) is 83.0 Å². The fourth-order valence-electron chi connectivity index (χ4n) is 3.22. The predicted octanol–water partition coefficient (Wildman–Crippen LogP) is 0.329. The van der Waals surface area contributed by atoms with Gasteiger partial charge >= 0.3 is 6.03 Å². The van der Waals surface area contributed by atoms with Gasteiger partial charge in [-0.3, -0.25) is 0 Å². The summed E-state index contributed by atoms with van der Waals surface area (Å²) in [5.74, 6) is 1.33. The SMILES string of the molecule is CO[C@@H]1O[C@H]2COc3ccccc3O[C@@H]2[C@H]2[C@@H]1N2C(N)=O. The van der Waals surface area contributed by atoms with Crippen molar-refractivity contribution < 1.29 is 23.7 Å². The number of carbonyl (C=O) groups excluding carboxylic acids is 1. The van der Waals surface area contributed by atoms with Gasteiger partial charge in [-0.05, 0) is 12.1 Å². The van der Waals surface area contributed by atoms with Gasteiger partial charge in [-0.2, -0.15) is 0 Å². The van der Waals surface area contributed by atoms with Gasteiger partial charge in [-0.15, -0.1) is 0 Å². The van der Waals surface area contributed by atoms with Crippen LogP contribution in [0.1, 0.15) is 0 Å². The summed E-state index contributed by atoms with van der Waals surface area (Å²) in [6, 6.07) is 6.62. The molecule has 21 heavy (non-hydrogen) atoms. The number of primary amides is 1. The van der Waals surface area contributed by atoms with Crippen molar-refractivity contribution in [2.75, 3.05) is 13.7 Å². The van der Waals surface area contributed by atoms with E-state index in [2.05, 4.69) is 0 Å². The van der Waals surface area contributed by atoms with Crippen molar-refractivity contribution in [1.82, 2.24) is 4.90 Å². The first-order valence-electron chi connectivity index (χ1n) is 6.85. The molecular weight excluding hydrogens is 276 g/mol. The van der Waals surface area contributed by atoms with E-state index in [1.165, 1.54) is 0 Å². The van der Waals surface area contributed by atoms with E-state index in [4.69, 9.17) is 24.7 Å². The molecular formula is C14H16N2O5. The predicted molar refractivity (Wildman–Crippen MR) is 71.0 cm³/mol. The molecule has 2 fully saturated rings. The first-order chi connectivity index (χ1) is 10.2. The van der Waals surface area contributed by atoms with E-state index >= 15 is 0 Å². The second kappa shape index (κ2) is 4.51. The third-order valence-electron chi connectivity index (χ3n) is 4.20. The minimum atomic E-state index is -0.503. The van der Waals surface area contributed by atoms with Crippen LogP contribution in [0.2, 0.25) is 0 Å². The van der Waals surface area contributed by atoms with Gasteiger partial charge in [0.15, 0.2) is 23.9 Å². The maximum Gasteiger partial charge on any atom is 0.315 e. The van der Waals surface area contributed by atoms with Gasteiger partial charge in [-0.25, -0.2) is 4.79 Å². The molecule has 0 aromatic heterocycles. The molecule has 0 spiro atoms. The molecule has 3 aliphatic heterocycles. The van der Waals surface area contributed by atoms with E-state index in [0.29, 0.717) is 18.1 Å². The molecule has 0 aliphatic carbocycles. The monoisotopic (exact) mass is 292 g/mol. The number of fused-ring (bicyclic) bond motifs is 4. The van der Waals surface area contributed by atoms with Crippen molar-refractivity contribution >= 4 is 6.03 Å². The molecule has 2 N–H and O–H groups in total. The Morgan fingerprint density at radius 2 is 2.10 bits per heavy atom. The van der Waals surface area contributed by atoms with Crippen LogP contribution in [0.4, 0.5) is 4.79 Å². The molecule has 3 aliphatic rings. The maximum atomic E-state index is 11.5. The lowest BCUT2D eigenvalue weighted by atomic mass is 10.1. The summed E-state index contributed by atoms with van der Waals surface area (Å²) < 4.78 is 22.9. The zero-order valence-corrected chi connectivity index (χ0v) is 11.5. The zero-order chi connectivity index (χ0) is 14.6. The van der Waals surface area contributed by atoms with Crippen molar-refractivity contribution in [2.45, 2.75) is 30.6 Å². The lowest BCUT2D eigenvalue weighted by Crippen LogP contribution is -2.50. The number of nitrogens with zero attached hydrogens (tertiary/aromatic N) is 1. The molecule has 5 atom stereocenters. The number of benzene rings is 1. The van der Waals surface area contributed by atoms with E-state index in [-0.39, 0.29) is 24.3 Å². The normalized spacial score (nSPS) is 36.2. The Labute approximate surface area is 121 Å². The van der Waals surface area contributed by atoms with Gasteiger partial charge in [0.2, 0.25) is 0 Å². The minimum absolute atomic E-state index is 0.138. The molecule has 3 heterocycles.